The van der Waals surface area contributed by atoms with Crippen molar-refractivity contribution < 1.29 is 14.8 Å². The summed E-state index contributed by atoms with van der Waals surface area (Å²) in [6, 6.07) is 16.7. The number of aromatic hydroxyl groups is 1. The summed E-state index contributed by atoms with van der Waals surface area (Å²) in [7, 11) is 0. The van der Waals surface area contributed by atoms with Gasteiger partial charge in [-0.3, -0.25) is 14.9 Å². The van der Waals surface area contributed by atoms with Gasteiger partial charge in [-0.2, -0.15) is 5.10 Å². The van der Waals surface area contributed by atoms with E-state index >= 15 is 0 Å². The Morgan fingerprint density at radius 2 is 1.89 bits per heavy atom. The standard InChI is InChI=1S/C20H18N4O4/c1-13(22-17-7-6-14-4-2-3-5-15(14)10-17)20(26)23-21-12-16-11-18(24(27)28)8-9-19(16)25/h2-13,22,25H,1H3,(H,23,26)/b21-12+. The zero-order valence-corrected chi connectivity index (χ0v) is 15.0. The second-order valence-corrected chi connectivity index (χ2v) is 6.16. The Kier molecular flexibility index (Phi) is 5.50. The maximum Gasteiger partial charge on any atom is 0.270 e. The van der Waals surface area contributed by atoms with Crippen LogP contribution in [0.1, 0.15) is 12.5 Å². The Morgan fingerprint density at radius 1 is 1.14 bits per heavy atom. The number of phenolic OH excluding ortho intramolecular Hbond substituents is 1. The Morgan fingerprint density at radius 3 is 2.64 bits per heavy atom. The van der Waals surface area contributed by atoms with Gasteiger partial charge in [0.05, 0.1) is 11.1 Å². The fraction of sp³-hybridized carbons (Fsp3) is 0.100. The first kappa shape index (κ1) is 18.8. The van der Waals surface area contributed by atoms with Gasteiger partial charge in [0.15, 0.2) is 0 Å². The maximum absolute atomic E-state index is 12.2. The molecule has 8 nitrogen and oxygen atoms in total. The molecule has 0 heterocycles. The summed E-state index contributed by atoms with van der Waals surface area (Å²) < 4.78 is 0. The maximum atomic E-state index is 12.2. The molecule has 0 spiro atoms. The van der Waals surface area contributed by atoms with E-state index in [1.54, 1.807) is 6.92 Å². The Hall–Kier alpha value is -3.94. The Balaban J connectivity index is 1.63. The first-order chi connectivity index (χ1) is 13.4. The molecule has 0 aliphatic heterocycles. The van der Waals surface area contributed by atoms with Crippen LogP contribution in [0.4, 0.5) is 11.4 Å². The molecule has 0 aliphatic rings. The summed E-state index contributed by atoms with van der Waals surface area (Å²) in [4.78, 5) is 22.4. The normalized spacial score (nSPS) is 12.0. The van der Waals surface area contributed by atoms with Crippen LogP contribution in [-0.2, 0) is 4.79 Å². The highest BCUT2D eigenvalue weighted by atomic mass is 16.6. The van der Waals surface area contributed by atoms with Crippen LogP contribution < -0.4 is 10.7 Å². The number of nitrogens with zero attached hydrogens (tertiary/aromatic N) is 2. The van der Waals surface area contributed by atoms with E-state index in [1.807, 2.05) is 42.5 Å². The van der Waals surface area contributed by atoms with Crippen LogP contribution in [0.15, 0.2) is 65.8 Å². The van der Waals surface area contributed by atoms with Crippen molar-refractivity contribution >= 4 is 34.3 Å². The zero-order chi connectivity index (χ0) is 20.1. The van der Waals surface area contributed by atoms with Crippen LogP contribution in [0.5, 0.6) is 5.75 Å². The second kappa shape index (κ2) is 8.17. The third-order valence-corrected chi connectivity index (χ3v) is 4.13. The lowest BCUT2D eigenvalue weighted by molar-refractivity contribution is -0.384. The third-order valence-electron chi connectivity index (χ3n) is 4.13. The van der Waals surface area contributed by atoms with E-state index in [4.69, 9.17) is 0 Å². The van der Waals surface area contributed by atoms with Crippen molar-refractivity contribution in [2.45, 2.75) is 13.0 Å². The van der Waals surface area contributed by atoms with Gasteiger partial charge in [0, 0.05) is 23.4 Å². The summed E-state index contributed by atoms with van der Waals surface area (Å²) in [5.41, 5.74) is 3.09. The topological polar surface area (TPSA) is 117 Å². The SMILES string of the molecule is CC(Nc1ccc2ccccc2c1)C(=O)N/N=C/c1cc([N+](=O)[O-])ccc1O. The first-order valence-corrected chi connectivity index (χ1v) is 8.50. The summed E-state index contributed by atoms with van der Waals surface area (Å²) in [5.74, 6) is -0.569. The quantitative estimate of drug-likeness (QED) is 0.345. The minimum Gasteiger partial charge on any atom is -0.507 e. The fourth-order valence-corrected chi connectivity index (χ4v) is 2.62. The lowest BCUT2D eigenvalue weighted by atomic mass is 10.1. The van der Waals surface area contributed by atoms with Crippen molar-refractivity contribution in [3.05, 3.63) is 76.3 Å². The van der Waals surface area contributed by atoms with Crippen LogP contribution in [0.3, 0.4) is 0 Å². The molecule has 0 aliphatic carbocycles. The average molecular weight is 378 g/mol. The fourth-order valence-electron chi connectivity index (χ4n) is 2.62. The Bertz CT molecular complexity index is 1070. The number of non-ortho nitro benzene ring substituents is 1. The number of nitrogens with one attached hydrogen (secondary N) is 2. The molecule has 28 heavy (non-hydrogen) atoms. The number of phenols is 1. The van der Waals surface area contributed by atoms with E-state index in [0.717, 1.165) is 22.7 Å². The van der Waals surface area contributed by atoms with Crippen molar-refractivity contribution in [3.8, 4) is 5.75 Å². The lowest BCUT2D eigenvalue weighted by Crippen LogP contribution is -2.34. The molecule has 0 aromatic heterocycles. The highest BCUT2D eigenvalue weighted by Crippen LogP contribution is 2.21. The van der Waals surface area contributed by atoms with Crippen LogP contribution >= 0.6 is 0 Å². The molecule has 3 aromatic rings. The largest absolute Gasteiger partial charge is 0.507 e. The van der Waals surface area contributed by atoms with Gasteiger partial charge in [-0.15, -0.1) is 0 Å². The smallest absolute Gasteiger partial charge is 0.270 e. The van der Waals surface area contributed by atoms with E-state index in [1.165, 1.54) is 18.2 Å². The minimum atomic E-state index is -0.578. The molecule has 0 saturated carbocycles. The van der Waals surface area contributed by atoms with Gasteiger partial charge < -0.3 is 10.4 Å². The molecule has 3 aromatic carbocycles. The van der Waals surface area contributed by atoms with Gasteiger partial charge in [-0.25, -0.2) is 5.43 Å². The van der Waals surface area contributed by atoms with Gasteiger partial charge in [-0.1, -0.05) is 30.3 Å². The molecule has 8 heteroatoms. The molecule has 142 valence electrons. The molecular weight excluding hydrogens is 360 g/mol. The van der Waals surface area contributed by atoms with E-state index in [2.05, 4.69) is 15.8 Å². The van der Waals surface area contributed by atoms with Gasteiger partial charge in [0.2, 0.25) is 0 Å². The van der Waals surface area contributed by atoms with Crippen molar-refractivity contribution in [2.24, 2.45) is 5.10 Å². The summed E-state index contributed by atoms with van der Waals surface area (Å²) in [6.45, 7) is 1.69. The molecule has 1 amide bonds. The van der Waals surface area contributed by atoms with Crippen LogP contribution in [0, 0.1) is 10.1 Å². The monoisotopic (exact) mass is 378 g/mol. The highest BCUT2D eigenvalue weighted by Gasteiger charge is 2.12. The number of rotatable bonds is 6. The molecule has 3 N–H and O–H groups in total. The molecule has 0 bridgehead atoms. The van der Waals surface area contributed by atoms with Crippen LogP contribution in [0.25, 0.3) is 10.8 Å². The number of hydrazone groups is 1. The summed E-state index contributed by atoms with van der Waals surface area (Å²) in [6.07, 6.45) is 1.16. The van der Waals surface area contributed by atoms with E-state index < -0.39 is 16.9 Å². The number of amides is 1. The molecule has 0 saturated heterocycles. The predicted octanol–water partition coefficient (Wildman–Crippen LogP) is 3.40. The van der Waals surface area contributed by atoms with Gasteiger partial charge in [-0.05, 0) is 35.9 Å². The second-order valence-electron chi connectivity index (χ2n) is 6.16. The van der Waals surface area contributed by atoms with E-state index in [0.29, 0.717) is 0 Å². The number of hydrogen-bond donors (Lipinski definition) is 3. The van der Waals surface area contributed by atoms with Crippen molar-refractivity contribution in [1.29, 1.82) is 0 Å². The molecular formula is C20H18N4O4. The molecule has 1 unspecified atom stereocenters. The van der Waals surface area contributed by atoms with Crippen molar-refractivity contribution in [3.63, 3.8) is 0 Å². The summed E-state index contributed by atoms with van der Waals surface area (Å²) >= 11 is 0. The predicted molar refractivity (Wildman–Crippen MR) is 108 cm³/mol. The van der Waals surface area contributed by atoms with Crippen molar-refractivity contribution in [1.82, 2.24) is 5.43 Å². The lowest BCUT2D eigenvalue weighted by Gasteiger charge is -2.14. The molecule has 1 atom stereocenters. The average Bonchev–Trinajstić information content (AvgIpc) is 2.69. The number of fused-ring (bicyclic) bond motifs is 1. The number of anilines is 1. The first-order valence-electron chi connectivity index (χ1n) is 8.50. The zero-order valence-electron chi connectivity index (χ0n) is 15.0. The molecule has 0 fully saturated rings. The summed E-state index contributed by atoms with van der Waals surface area (Å²) in [5, 5.41) is 29.5. The number of carbonyl (C=O) groups excluding carboxylic acids is 1. The highest BCUT2D eigenvalue weighted by molar-refractivity contribution is 5.89. The third kappa shape index (κ3) is 4.42. The van der Waals surface area contributed by atoms with E-state index in [-0.39, 0.29) is 17.0 Å². The number of nitro benzene ring substituents is 1. The number of hydrogen-bond acceptors (Lipinski definition) is 6. The van der Waals surface area contributed by atoms with Crippen LogP contribution in [-0.4, -0.2) is 28.2 Å². The van der Waals surface area contributed by atoms with Gasteiger partial charge in [0.1, 0.15) is 11.8 Å². The minimum absolute atomic E-state index is 0.129. The number of benzene rings is 3. The van der Waals surface area contributed by atoms with Crippen LogP contribution in [0.2, 0.25) is 0 Å². The molecule has 0 radical (unpaired) electrons. The van der Waals surface area contributed by atoms with Gasteiger partial charge >= 0.3 is 0 Å². The van der Waals surface area contributed by atoms with E-state index in [9.17, 15) is 20.0 Å². The van der Waals surface area contributed by atoms with Gasteiger partial charge in [0.25, 0.3) is 11.6 Å². The Labute approximate surface area is 160 Å². The number of carbonyl (C=O) groups is 1. The molecule has 3 rings (SSSR count). The number of nitro groups is 1. The van der Waals surface area contributed by atoms with Crippen molar-refractivity contribution in [2.75, 3.05) is 5.32 Å².